The Morgan fingerprint density at radius 2 is 2.17 bits per heavy atom. The van der Waals surface area contributed by atoms with Crippen molar-refractivity contribution >= 4 is 35.1 Å². The third-order valence-corrected chi connectivity index (χ3v) is 2.76. The smallest absolute Gasteiger partial charge is 0.441 e. The molecule has 9 heteroatoms. The summed E-state index contributed by atoms with van der Waals surface area (Å²) in [7, 11) is 0. The van der Waals surface area contributed by atoms with Crippen molar-refractivity contribution in [2.75, 3.05) is 17.6 Å². The third kappa shape index (κ3) is 5.01. The van der Waals surface area contributed by atoms with E-state index in [0.29, 0.717) is 0 Å². The first-order valence-electron chi connectivity index (χ1n) is 4.64. The average molecular weight is 301 g/mol. The lowest BCUT2D eigenvalue weighted by atomic mass is 10.3. The molecule has 0 radical (unpaired) electrons. The molecule has 1 aromatic rings. The van der Waals surface area contributed by atoms with Crippen LogP contribution in [0.2, 0.25) is 5.02 Å². The number of hydrogen-bond donors (Lipinski definition) is 2. The van der Waals surface area contributed by atoms with Crippen molar-refractivity contribution in [3.63, 3.8) is 0 Å². The molecular formula is C9H8ClF3N2O2S. The van der Waals surface area contributed by atoms with Gasteiger partial charge in [-0.05, 0) is 23.9 Å². The minimum atomic E-state index is -4.28. The summed E-state index contributed by atoms with van der Waals surface area (Å²) in [5.41, 5.74) is -4.62. The van der Waals surface area contributed by atoms with Crippen molar-refractivity contribution in [1.82, 2.24) is 4.98 Å². The summed E-state index contributed by atoms with van der Waals surface area (Å²) in [5.74, 6) is -1.33. The number of hydrogen-bond acceptors (Lipinski definition) is 4. The molecule has 0 saturated carbocycles. The van der Waals surface area contributed by atoms with Gasteiger partial charge in [0, 0.05) is 12.3 Å². The first-order chi connectivity index (χ1) is 8.29. The second-order valence-electron chi connectivity index (χ2n) is 3.05. The van der Waals surface area contributed by atoms with Gasteiger partial charge in [-0.15, -0.1) is 0 Å². The quantitative estimate of drug-likeness (QED) is 0.818. The van der Waals surface area contributed by atoms with Gasteiger partial charge in [0.15, 0.2) is 5.69 Å². The van der Waals surface area contributed by atoms with E-state index < -0.39 is 11.5 Å². The number of rotatable bonds is 5. The zero-order chi connectivity index (χ0) is 13.8. The summed E-state index contributed by atoms with van der Waals surface area (Å²) in [4.78, 5) is 14.4. The van der Waals surface area contributed by atoms with E-state index in [2.05, 4.69) is 10.3 Å². The first-order valence-corrected chi connectivity index (χ1v) is 6.00. The molecule has 0 unspecified atom stereocenters. The van der Waals surface area contributed by atoms with Crippen molar-refractivity contribution in [3.8, 4) is 0 Å². The summed E-state index contributed by atoms with van der Waals surface area (Å²) in [6.07, 6.45) is 0. The van der Waals surface area contributed by atoms with Crippen molar-refractivity contribution in [2.24, 2.45) is 0 Å². The van der Waals surface area contributed by atoms with E-state index in [-0.39, 0.29) is 40.6 Å². The lowest BCUT2D eigenvalue weighted by Gasteiger charge is -2.08. The van der Waals surface area contributed by atoms with Gasteiger partial charge >= 0.3 is 11.5 Å². The van der Waals surface area contributed by atoms with Gasteiger partial charge in [-0.3, -0.25) is 0 Å². The van der Waals surface area contributed by atoms with Crippen molar-refractivity contribution in [1.29, 1.82) is 0 Å². The molecule has 0 bridgehead atoms. The van der Waals surface area contributed by atoms with Crippen molar-refractivity contribution < 1.29 is 23.1 Å². The molecule has 0 saturated heterocycles. The minimum Gasteiger partial charge on any atom is -0.476 e. The number of carboxylic acids is 1. The molecular weight excluding hydrogens is 293 g/mol. The number of nitrogens with one attached hydrogen (secondary N) is 1. The molecule has 0 atom stereocenters. The number of halogens is 4. The number of aromatic carboxylic acids is 1. The van der Waals surface area contributed by atoms with Crippen LogP contribution in [0.4, 0.5) is 19.0 Å². The molecule has 100 valence electrons. The van der Waals surface area contributed by atoms with Crippen LogP contribution in [0.15, 0.2) is 12.1 Å². The Morgan fingerprint density at radius 1 is 1.50 bits per heavy atom. The average Bonchev–Trinajstić information content (AvgIpc) is 2.24. The van der Waals surface area contributed by atoms with Crippen LogP contribution in [0.5, 0.6) is 0 Å². The Balaban J connectivity index is 2.53. The zero-order valence-corrected chi connectivity index (χ0v) is 10.4. The molecule has 1 rings (SSSR count). The summed E-state index contributed by atoms with van der Waals surface area (Å²) in [6, 6.07) is 2.71. The molecule has 1 heterocycles. The van der Waals surface area contributed by atoms with E-state index in [0.717, 1.165) is 0 Å². The minimum absolute atomic E-state index is 0.0118. The van der Waals surface area contributed by atoms with Gasteiger partial charge in [-0.2, -0.15) is 13.2 Å². The predicted octanol–water partition coefficient (Wildman–Crippen LogP) is 3.10. The number of carbonyl (C=O) groups is 1. The highest BCUT2D eigenvalue weighted by Gasteiger charge is 2.27. The van der Waals surface area contributed by atoms with Gasteiger partial charge in [0.25, 0.3) is 0 Å². The van der Waals surface area contributed by atoms with Crippen LogP contribution in [-0.2, 0) is 0 Å². The van der Waals surface area contributed by atoms with Gasteiger partial charge in [0.2, 0.25) is 0 Å². The van der Waals surface area contributed by atoms with E-state index in [1.54, 1.807) is 0 Å². The number of aromatic nitrogens is 1. The molecule has 2 N–H and O–H groups in total. The number of carboxylic acid groups (broad SMARTS) is 1. The van der Waals surface area contributed by atoms with E-state index in [1.165, 1.54) is 12.1 Å². The van der Waals surface area contributed by atoms with E-state index in [1.807, 2.05) is 0 Å². The largest absolute Gasteiger partial charge is 0.476 e. The monoisotopic (exact) mass is 300 g/mol. The second-order valence-corrected chi connectivity index (χ2v) is 4.62. The molecule has 0 aliphatic rings. The van der Waals surface area contributed by atoms with Gasteiger partial charge in [-0.25, -0.2) is 9.78 Å². The van der Waals surface area contributed by atoms with Crippen LogP contribution in [0, 0.1) is 0 Å². The van der Waals surface area contributed by atoms with Crippen LogP contribution in [0.3, 0.4) is 0 Å². The van der Waals surface area contributed by atoms with Crippen LogP contribution in [0.1, 0.15) is 10.5 Å². The van der Waals surface area contributed by atoms with Gasteiger partial charge in [0.05, 0.1) is 5.02 Å². The fourth-order valence-corrected chi connectivity index (χ4v) is 1.66. The Kier molecular flexibility index (Phi) is 5.09. The number of alkyl halides is 3. The van der Waals surface area contributed by atoms with Crippen LogP contribution in [0.25, 0.3) is 0 Å². The van der Waals surface area contributed by atoms with E-state index in [4.69, 9.17) is 16.7 Å². The zero-order valence-electron chi connectivity index (χ0n) is 8.79. The number of nitrogens with zero attached hydrogens (tertiary/aromatic N) is 1. The standard InChI is InChI=1S/C9H8ClF3N2O2S/c10-5-1-2-6(15-7(5)8(16)17)14-3-4-18-9(11,12)13/h1-2H,3-4H2,(H,14,15)(H,16,17). The van der Waals surface area contributed by atoms with E-state index in [9.17, 15) is 18.0 Å². The third-order valence-electron chi connectivity index (χ3n) is 1.72. The van der Waals surface area contributed by atoms with Crippen molar-refractivity contribution in [2.45, 2.75) is 5.51 Å². The molecule has 0 aromatic carbocycles. The SMILES string of the molecule is O=C(O)c1nc(NCCSC(F)(F)F)ccc1Cl. The normalized spacial score (nSPS) is 11.3. The molecule has 0 spiro atoms. The molecule has 0 fully saturated rings. The number of anilines is 1. The lowest BCUT2D eigenvalue weighted by Crippen LogP contribution is -2.11. The molecule has 18 heavy (non-hydrogen) atoms. The molecule has 0 amide bonds. The number of thioether (sulfide) groups is 1. The molecule has 1 aromatic heterocycles. The second kappa shape index (κ2) is 6.14. The Bertz CT molecular complexity index is 442. The van der Waals surface area contributed by atoms with Gasteiger partial charge < -0.3 is 10.4 Å². The highest BCUT2D eigenvalue weighted by atomic mass is 35.5. The van der Waals surface area contributed by atoms with Gasteiger partial charge in [0.1, 0.15) is 5.82 Å². The first kappa shape index (κ1) is 14.9. The lowest BCUT2D eigenvalue weighted by molar-refractivity contribution is -0.0327. The maximum atomic E-state index is 11.8. The fourth-order valence-electron chi connectivity index (χ4n) is 1.04. The summed E-state index contributed by atoms with van der Waals surface area (Å²) < 4.78 is 35.5. The Morgan fingerprint density at radius 3 is 2.72 bits per heavy atom. The maximum Gasteiger partial charge on any atom is 0.441 e. The summed E-state index contributed by atoms with van der Waals surface area (Å²) in [5, 5.41) is 11.3. The highest BCUT2D eigenvalue weighted by Crippen LogP contribution is 2.29. The highest BCUT2D eigenvalue weighted by molar-refractivity contribution is 8.00. The van der Waals surface area contributed by atoms with Crippen LogP contribution in [-0.4, -0.2) is 33.9 Å². The number of pyridine rings is 1. The van der Waals surface area contributed by atoms with Crippen molar-refractivity contribution in [3.05, 3.63) is 22.8 Å². The van der Waals surface area contributed by atoms with Gasteiger partial charge in [-0.1, -0.05) is 11.6 Å². The molecule has 0 aliphatic carbocycles. The predicted molar refractivity (Wildman–Crippen MR) is 63.2 cm³/mol. The summed E-state index contributed by atoms with van der Waals surface area (Å²) in [6.45, 7) is 0.0118. The van der Waals surface area contributed by atoms with E-state index >= 15 is 0 Å². The maximum absolute atomic E-state index is 11.8. The molecule has 0 aliphatic heterocycles. The Hall–Kier alpha value is -1.15. The Labute approximate surface area is 110 Å². The van der Waals surface area contributed by atoms with Crippen LogP contribution < -0.4 is 5.32 Å². The topological polar surface area (TPSA) is 62.2 Å². The fraction of sp³-hybridized carbons (Fsp3) is 0.333. The van der Waals surface area contributed by atoms with Crippen LogP contribution >= 0.6 is 23.4 Å². The summed E-state index contributed by atoms with van der Waals surface area (Å²) >= 11 is 5.42. The molecule has 4 nitrogen and oxygen atoms in total.